The third kappa shape index (κ3) is 2.39. The van der Waals surface area contributed by atoms with Gasteiger partial charge in [-0.25, -0.2) is 4.98 Å². The van der Waals surface area contributed by atoms with Gasteiger partial charge in [-0.3, -0.25) is 4.79 Å². The highest BCUT2D eigenvalue weighted by Gasteiger charge is 2.06. The molecule has 1 N–H and O–H groups in total. The van der Waals surface area contributed by atoms with Crippen molar-refractivity contribution in [2.24, 2.45) is 0 Å². The molecule has 2 rings (SSSR count). The van der Waals surface area contributed by atoms with Crippen LogP contribution in [0.1, 0.15) is 24.3 Å². The normalized spacial score (nSPS) is 10.8. The maximum atomic E-state index is 10.4. The van der Waals surface area contributed by atoms with E-state index >= 15 is 0 Å². The maximum absolute atomic E-state index is 10.4. The van der Waals surface area contributed by atoms with Gasteiger partial charge in [-0.1, -0.05) is 6.07 Å². The number of carboxylic acid groups (broad SMARTS) is 1. The predicted octanol–water partition coefficient (Wildman–Crippen LogP) is 2.54. The zero-order chi connectivity index (χ0) is 11.5. The van der Waals surface area contributed by atoms with Gasteiger partial charge in [0.15, 0.2) is 11.5 Å². The van der Waals surface area contributed by atoms with Gasteiger partial charge in [-0.2, -0.15) is 0 Å². The average Bonchev–Trinajstić information content (AvgIpc) is 2.58. The minimum Gasteiger partial charge on any atom is -0.481 e. The Morgan fingerprint density at radius 2 is 2.31 bits per heavy atom. The summed E-state index contributed by atoms with van der Waals surface area (Å²) in [5.74, 6) is -0.172. The van der Waals surface area contributed by atoms with Gasteiger partial charge in [0, 0.05) is 12.8 Å². The predicted molar refractivity (Wildman–Crippen MR) is 59.3 cm³/mol. The first-order chi connectivity index (χ1) is 7.65. The van der Waals surface area contributed by atoms with Crippen molar-refractivity contribution in [2.75, 3.05) is 0 Å². The van der Waals surface area contributed by atoms with Crippen molar-refractivity contribution in [3.8, 4) is 0 Å². The number of fused-ring (bicyclic) bond motifs is 1. The van der Waals surface area contributed by atoms with E-state index < -0.39 is 5.97 Å². The van der Waals surface area contributed by atoms with Gasteiger partial charge in [-0.05, 0) is 31.0 Å². The Labute approximate surface area is 92.9 Å². The van der Waals surface area contributed by atoms with E-state index in [4.69, 9.17) is 9.52 Å². The standard InChI is InChI=1S/C12H13NO3/c1-8-5-6-10-9(7-8)13-11(16-10)3-2-4-12(14)15/h5-7H,2-4H2,1H3,(H,14,15). The van der Waals surface area contributed by atoms with Crippen molar-refractivity contribution >= 4 is 17.1 Å². The number of benzene rings is 1. The SMILES string of the molecule is Cc1ccc2oc(CCCC(=O)O)nc2c1. The monoisotopic (exact) mass is 219 g/mol. The summed E-state index contributed by atoms with van der Waals surface area (Å²) in [6.45, 7) is 2.00. The third-order valence-electron chi connectivity index (χ3n) is 2.37. The van der Waals surface area contributed by atoms with Crippen LogP contribution in [0.15, 0.2) is 22.6 Å². The van der Waals surface area contributed by atoms with E-state index in [1.54, 1.807) is 0 Å². The van der Waals surface area contributed by atoms with Crippen LogP contribution in [0.2, 0.25) is 0 Å². The molecule has 0 aliphatic rings. The van der Waals surface area contributed by atoms with Crippen LogP contribution in [0.3, 0.4) is 0 Å². The quantitative estimate of drug-likeness (QED) is 0.858. The van der Waals surface area contributed by atoms with E-state index in [2.05, 4.69) is 4.98 Å². The molecule has 0 aliphatic carbocycles. The summed E-state index contributed by atoms with van der Waals surface area (Å²) in [5, 5.41) is 8.52. The third-order valence-corrected chi connectivity index (χ3v) is 2.37. The second kappa shape index (κ2) is 4.35. The molecule has 84 valence electrons. The average molecular weight is 219 g/mol. The molecule has 0 atom stereocenters. The Morgan fingerprint density at radius 1 is 1.50 bits per heavy atom. The molecule has 0 amide bonds. The number of oxazole rings is 1. The van der Waals surface area contributed by atoms with Crippen LogP contribution in [0.4, 0.5) is 0 Å². The number of carbonyl (C=O) groups is 1. The second-order valence-corrected chi connectivity index (χ2v) is 3.83. The lowest BCUT2D eigenvalue weighted by Crippen LogP contribution is -1.95. The van der Waals surface area contributed by atoms with Gasteiger partial charge in [0.2, 0.25) is 0 Å². The van der Waals surface area contributed by atoms with E-state index in [1.165, 1.54) is 0 Å². The van der Waals surface area contributed by atoms with Crippen LogP contribution in [-0.4, -0.2) is 16.1 Å². The van der Waals surface area contributed by atoms with E-state index in [0.29, 0.717) is 18.7 Å². The van der Waals surface area contributed by atoms with Gasteiger partial charge in [-0.15, -0.1) is 0 Å². The topological polar surface area (TPSA) is 63.3 Å². The van der Waals surface area contributed by atoms with E-state index in [9.17, 15) is 4.79 Å². The fourth-order valence-electron chi connectivity index (χ4n) is 1.58. The zero-order valence-electron chi connectivity index (χ0n) is 9.06. The van der Waals surface area contributed by atoms with Crippen LogP contribution in [0, 0.1) is 6.92 Å². The van der Waals surface area contributed by atoms with E-state index in [1.807, 2.05) is 25.1 Å². The van der Waals surface area contributed by atoms with E-state index in [0.717, 1.165) is 16.7 Å². The number of aryl methyl sites for hydroxylation is 2. The Kier molecular flexibility index (Phi) is 2.90. The largest absolute Gasteiger partial charge is 0.481 e. The molecule has 16 heavy (non-hydrogen) atoms. The number of carboxylic acids is 1. The van der Waals surface area contributed by atoms with E-state index in [-0.39, 0.29) is 6.42 Å². The Balaban J connectivity index is 2.10. The van der Waals surface area contributed by atoms with Crippen molar-refractivity contribution < 1.29 is 14.3 Å². The number of aromatic nitrogens is 1. The molecule has 1 aromatic heterocycles. The van der Waals surface area contributed by atoms with Gasteiger partial charge in [0.1, 0.15) is 5.52 Å². The molecular weight excluding hydrogens is 206 g/mol. The lowest BCUT2D eigenvalue weighted by molar-refractivity contribution is -0.137. The molecule has 4 nitrogen and oxygen atoms in total. The fraction of sp³-hybridized carbons (Fsp3) is 0.333. The van der Waals surface area contributed by atoms with Gasteiger partial charge in [0.25, 0.3) is 0 Å². The molecule has 0 unspecified atom stereocenters. The van der Waals surface area contributed by atoms with Crippen LogP contribution >= 0.6 is 0 Å². The summed E-state index contributed by atoms with van der Waals surface area (Å²) in [6.07, 6.45) is 1.28. The number of aliphatic carboxylic acids is 1. The molecule has 2 aromatic rings. The summed E-state index contributed by atoms with van der Waals surface area (Å²) < 4.78 is 5.50. The van der Waals surface area contributed by atoms with Crippen LogP contribution in [-0.2, 0) is 11.2 Å². The molecule has 0 spiro atoms. The number of nitrogens with zero attached hydrogens (tertiary/aromatic N) is 1. The highest BCUT2D eigenvalue weighted by Crippen LogP contribution is 2.17. The lowest BCUT2D eigenvalue weighted by Gasteiger charge is -1.91. The minimum absolute atomic E-state index is 0.151. The van der Waals surface area contributed by atoms with Gasteiger partial charge >= 0.3 is 5.97 Å². The highest BCUT2D eigenvalue weighted by atomic mass is 16.4. The lowest BCUT2D eigenvalue weighted by atomic mass is 10.2. The van der Waals surface area contributed by atoms with Crippen LogP contribution in [0.25, 0.3) is 11.1 Å². The first kappa shape index (κ1) is 10.7. The van der Waals surface area contributed by atoms with Crippen molar-refractivity contribution in [3.63, 3.8) is 0 Å². The molecule has 0 radical (unpaired) electrons. The second-order valence-electron chi connectivity index (χ2n) is 3.83. The molecule has 0 aliphatic heterocycles. The van der Waals surface area contributed by atoms with Crippen molar-refractivity contribution in [2.45, 2.75) is 26.2 Å². The molecule has 0 saturated carbocycles. The van der Waals surface area contributed by atoms with Gasteiger partial charge < -0.3 is 9.52 Å². The van der Waals surface area contributed by atoms with Crippen molar-refractivity contribution in [1.82, 2.24) is 4.98 Å². The highest BCUT2D eigenvalue weighted by molar-refractivity contribution is 5.73. The summed E-state index contributed by atoms with van der Waals surface area (Å²) >= 11 is 0. The summed E-state index contributed by atoms with van der Waals surface area (Å²) in [7, 11) is 0. The maximum Gasteiger partial charge on any atom is 0.303 e. The van der Waals surface area contributed by atoms with Gasteiger partial charge in [0.05, 0.1) is 0 Å². The van der Waals surface area contributed by atoms with Crippen LogP contribution < -0.4 is 0 Å². The molecular formula is C12H13NO3. The number of hydrogen-bond acceptors (Lipinski definition) is 3. The first-order valence-corrected chi connectivity index (χ1v) is 5.23. The fourth-order valence-corrected chi connectivity index (χ4v) is 1.58. The molecule has 4 heteroatoms. The molecule has 0 fully saturated rings. The summed E-state index contributed by atoms with van der Waals surface area (Å²) in [6, 6.07) is 5.81. The molecule has 0 saturated heterocycles. The molecule has 1 heterocycles. The minimum atomic E-state index is -0.785. The summed E-state index contributed by atoms with van der Waals surface area (Å²) in [4.78, 5) is 14.7. The first-order valence-electron chi connectivity index (χ1n) is 5.23. The van der Waals surface area contributed by atoms with Crippen molar-refractivity contribution in [3.05, 3.63) is 29.7 Å². The molecule has 1 aromatic carbocycles. The Morgan fingerprint density at radius 3 is 3.06 bits per heavy atom. The van der Waals surface area contributed by atoms with Crippen LogP contribution in [0.5, 0.6) is 0 Å². The molecule has 0 bridgehead atoms. The summed E-state index contributed by atoms with van der Waals surface area (Å²) in [5.41, 5.74) is 2.74. The Bertz CT molecular complexity index is 516. The number of hydrogen-bond donors (Lipinski definition) is 1. The number of rotatable bonds is 4. The Hall–Kier alpha value is -1.84. The smallest absolute Gasteiger partial charge is 0.303 e. The zero-order valence-corrected chi connectivity index (χ0v) is 9.06. The van der Waals surface area contributed by atoms with Crippen molar-refractivity contribution in [1.29, 1.82) is 0 Å².